The summed E-state index contributed by atoms with van der Waals surface area (Å²) < 4.78 is 22.3. The highest BCUT2D eigenvalue weighted by atomic mass is 16.7. The zero-order valence-corrected chi connectivity index (χ0v) is 33.1. The van der Waals surface area contributed by atoms with Gasteiger partial charge in [-0.05, 0) is 70.6 Å². The van der Waals surface area contributed by atoms with Crippen molar-refractivity contribution in [3.05, 3.63) is 72.9 Å². The van der Waals surface area contributed by atoms with Gasteiger partial charge in [-0.25, -0.2) is 0 Å². The van der Waals surface area contributed by atoms with Gasteiger partial charge in [0.25, 0.3) is 0 Å². The standard InChI is InChI=1S/C43H71NO8/c1-6-8-10-12-14-16-18-19-20-21-22-23-24-26-28-30-32-34-41(46)52-39(38-51-43(42(47)48)49-36-35-44(3,4)5)37-50-40(45)33-31-29-27-25-17-15-13-11-9-7-2/h8,10-11,13-14,16,19-20,22-23,26,28,39,43H,6-7,9,12,15,17-18,21,24-25,27,29-38H2,1-5H3/b10-8-,13-11-,16-14-,20-19-,23-22-,28-26-. The van der Waals surface area contributed by atoms with Crippen molar-refractivity contribution in [3.8, 4) is 0 Å². The van der Waals surface area contributed by atoms with Gasteiger partial charge in [-0.2, -0.15) is 0 Å². The Kier molecular flexibility index (Phi) is 32.6. The smallest absolute Gasteiger partial charge is 0.306 e. The second kappa shape index (κ2) is 34.8. The number of carboxylic acids is 1. The molecule has 2 unspecified atom stereocenters. The SMILES string of the molecule is CC/C=C\C/C=C\C/C=C\C/C=C\C/C=C\CCCC(=O)OC(COC(=O)CCCCCCC/C=C\CCC)COC(OCC[N+](C)(C)C)C(=O)[O-]. The molecule has 0 saturated carbocycles. The molecule has 296 valence electrons. The highest BCUT2D eigenvalue weighted by Crippen LogP contribution is 2.10. The summed E-state index contributed by atoms with van der Waals surface area (Å²) in [6, 6.07) is 0. The number of likely N-dealkylation sites (N-methyl/N-ethyl adjacent to an activating group) is 1. The number of carboxylic acid groups (broad SMARTS) is 1. The van der Waals surface area contributed by atoms with E-state index in [4.69, 9.17) is 18.9 Å². The minimum atomic E-state index is -1.64. The third-order valence-corrected chi connectivity index (χ3v) is 7.67. The van der Waals surface area contributed by atoms with Gasteiger partial charge in [0.1, 0.15) is 13.2 Å². The first kappa shape index (κ1) is 48.7. The van der Waals surface area contributed by atoms with Crippen molar-refractivity contribution in [2.75, 3.05) is 47.5 Å². The lowest BCUT2D eigenvalue weighted by molar-refractivity contribution is -0.870. The second-order valence-corrected chi connectivity index (χ2v) is 13.8. The zero-order chi connectivity index (χ0) is 38.5. The van der Waals surface area contributed by atoms with Crippen LogP contribution in [0.25, 0.3) is 0 Å². The van der Waals surface area contributed by atoms with E-state index in [0.717, 1.165) is 70.6 Å². The number of quaternary nitrogens is 1. The van der Waals surface area contributed by atoms with Crippen LogP contribution in [0.3, 0.4) is 0 Å². The zero-order valence-electron chi connectivity index (χ0n) is 33.1. The number of hydrogen-bond acceptors (Lipinski definition) is 8. The predicted octanol–water partition coefficient (Wildman–Crippen LogP) is 8.27. The lowest BCUT2D eigenvalue weighted by Crippen LogP contribution is -2.44. The van der Waals surface area contributed by atoms with Crippen molar-refractivity contribution < 1.29 is 42.9 Å². The monoisotopic (exact) mass is 730 g/mol. The van der Waals surface area contributed by atoms with Crippen LogP contribution in [0.15, 0.2) is 72.9 Å². The van der Waals surface area contributed by atoms with Crippen LogP contribution in [-0.4, -0.2) is 82.3 Å². The van der Waals surface area contributed by atoms with E-state index < -0.39 is 30.3 Å². The predicted molar refractivity (Wildman–Crippen MR) is 209 cm³/mol. The Morgan fingerprint density at radius 3 is 1.71 bits per heavy atom. The summed E-state index contributed by atoms with van der Waals surface area (Å²) in [6.07, 6.45) is 38.1. The third kappa shape index (κ3) is 35.1. The van der Waals surface area contributed by atoms with Crippen LogP contribution in [0.4, 0.5) is 0 Å². The van der Waals surface area contributed by atoms with Crippen molar-refractivity contribution in [1.29, 1.82) is 0 Å². The molecular weight excluding hydrogens is 658 g/mol. The number of hydrogen-bond donors (Lipinski definition) is 0. The van der Waals surface area contributed by atoms with E-state index in [9.17, 15) is 19.5 Å². The lowest BCUT2D eigenvalue weighted by Gasteiger charge is -2.26. The number of rotatable bonds is 34. The third-order valence-electron chi connectivity index (χ3n) is 7.67. The van der Waals surface area contributed by atoms with Crippen molar-refractivity contribution in [3.63, 3.8) is 0 Å². The van der Waals surface area contributed by atoms with E-state index in [1.807, 2.05) is 27.2 Å². The molecule has 0 aliphatic rings. The topological polar surface area (TPSA) is 111 Å². The van der Waals surface area contributed by atoms with Gasteiger partial charge >= 0.3 is 11.9 Å². The van der Waals surface area contributed by atoms with Crippen LogP contribution in [0, 0.1) is 0 Å². The molecule has 0 aromatic rings. The largest absolute Gasteiger partial charge is 0.545 e. The Morgan fingerprint density at radius 2 is 1.12 bits per heavy atom. The maximum Gasteiger partial charge on any atom is 0.306 e. The Morgan fingerprint density at radius 1 is 0.596 bits per heavy atom. The van der Waals surface area contributed by atoms with E-state index in [0.29, 0.717) is 30.3 Å². The number of nitrogens with zero attached hydrogens (tertiary/aromatic N) is 1. The van der Waals surface area contributed by atoms with Crippen molar-refractivity contribution in [2.45, 2.75) is 135 Å². The second-order valence-electron chi connectivity index (χ2n) is 13.8. The Bertz CT molecular complexity index is 1080. The van der Waals surface area contributed by atoms with Gasteiger partial charge < -0.3 is 33.3 Å². The number of carbonyl (C=O) groups excluding carboxylic acids is 3. The molecule has 0 spiro atoms. The first-order valence-corrected chi connectivity index (χ1v) is 19.6. The number of allylic oxidation sites excluding steroid dienone is 12. The molecule has 0 amide bonds. The molecule has 0 N–H and O–H groups in total. The van der Waals surface area contributed by atoms with Gasteiger partial charge in [0, 0.05) is 12.8 Å². The minimum Gasteiger partial charge on any atom is -0.545 e. The Balaban J connectivity index is 4.65. The van der Waals surface area contributed by atoms with Gasteiger partial charge in [0.05, 0.1) is 40.3 Å². The maximum atomic E-state index is 12.7. The molecule has 0 radical (unpaired) electrons. The van der Waals surface area contributed by atoms with Gasteiger partial charge in [-0.1, -0.05) is 112 Å². The number of aliphatic carboxylic acids is 1. The number of carbonyl (C=O) groups is 3. The van der Waals surface area contributed by atoms with Crippen molar-refractivity contribution in [1.82, 2.24) is 0 Å². The summed E-state index contributed by atoms with van der Waals surface area (Å²) in [5.74, 6) is -2.40. The van der Waals surface area contributed by atoms with Crippen molar-refractivity contribution >= 4 is 17.9 Å². The first-order valence-electron chi connectivity index (χ1n) is 19.6. The summed E-state index contributed by atoms with van der Waals surface area (Å²) in [7, 11) is 5.87. The van der Waals surface area contributed by atoms with E-state index in [1.165, 1.54) is 6.42 Å². The van der Waals surface area contributed by atoms with Gasteiger partial charge in [-0.15, -0.1) is 0 Å². The highest BCUT2D eigenvalue weighted by molar-refractivity contribution is 5.70. The van der Waals surface area contributed by atoms with E-state index >= 15 is 0 Å². The summed E-state index contributed by atoms with van der Waals surface area (Å²) in [6.45, 7) is 4.44. The fraction of sp³-hybridized carbons (Fsp3) is 0.651. The maximum absolute atomic E-state index is 12.7. The Labute approximate surface area is 316 Å². The summed E-state index contributed by atoms with van der Waals surface area (Å²) in [5, 5.41) is 11.6. The molecular formula is C43H71NO8. The first-order chi connectivity index (χ1) is 25.1. The average molecular weight is 730 g/mol. The van der Waals surface area contributed by atoms with Crippen molar-refractivity contribution in [2.24, 2.45) is 0 Å². The van der Waals surface area contributed by atoms with Crippen LogP contribution in [0.1, 0.15) is 123 Å². The molecule has 52 heavy (non-hydrogen) atoms. The summed E-state index contributed by atoms with van der Waals surface area (Å²) >= 11 is 0. The lowest BCUT2D eigenvalue weighted by atomic mass is 10.1. The molecule has 0 aromatic heterocycles. The summed E-state index contributed by atoms with van der Waals surface area (Å²) in [4.78, 5) is 36.7. The molecule has 0 aliphatic carbocycles. The molecule has 0 fully saturated rings. The fourth-order valence-electron chi connectivity index (χ4n) is 4.63. The number of esters is 2. The van der Waals surface area contributed by atoms with E-state index in [2.05, 4.69) is 80.7 Å². The van der Waals surface area contributed by atoms with Gasteiger partial charge in [-0.3, -0.25) is 9.59 Å². The minimum absolute atomic E-state index is 0.132. The molecule has 2 atom stereocenters. The van der Waals surface area contributed by atoms with Crippen LogP contribution in [0.2, 0.25) is 0 Å². The molecule has 9 heteroatoms. The molecule has 0 bridgehead atoms. The van der Waals surface area contributed by atoms with Gasteiger partial charge in [0.2, 0.25) is 0 Å². The molecule has 0 aliphatic heterocycles. The number of ether oxygens (including phenoxy) is 4. The molecule has 0 rings (SSSR count). The molecule has 9 nitrogen and oxygen atoms in total. The fourth-order valence-corrected chi connectivity index (χ4v) is 4.63. The molecule has 0 aromatic carbocycles. The quantitative estimate of drug-likeness (QED) is 0.0214. The number of unbranched alkanes of at least 4 members (excludes halogenated alkanes) is 7. The van der Waals surface area contributed by atoms with Crippen LogP contribution in [0.5, 0.6) is 0 Å². The summed E-state index contributed by atoms with van der Waals surface area (Å²) in [5.41, 5.74) is 0. The van der Waals surface area contributed by atoms with E-state index in [1.54, 1.807) is 0 Å². The van der Waals surface area contributed by atoms with Crippen LogP contribution < -0.4 is 5.11 Å². The van der Waals surface area contributed by atoms with Crippen LogP contribution >= 0.6 is 0 Å². The van der Waals surface area contributed by atoms with Gasteiger partial charge in [0.15, 0.2) is 12.4 Å². The average Bonchev–Trinajstić information content (AvgIpc) is 3.09. The molecule has 0 heterocycles. The Hall–Kier alpha value is -3.27. The van der Waals surface area contributed by atoms with E-state index in [-0.39, 0.29) is 32.7 Å². The highest BCUT2D eigenvalue weighted by Gasteiger charge is 2.21. The molecule has 0 saturated heterocycles. The van der Waals surface area contributed by atoms with Crippen LogP contribution in [-0.2, 0) is 33.3 Å². The normalized spacial score (nSPS) is 13.8.